The first-order chi connectivity index (χ1) is 14.6. The Kier molecular flexibility index (Phi) is 4.82. The SMILES string of the molecule is Cn1c(-c2c(-c3ccc(Cl)cc3)cccc2-c2ccc(Cl)cc2)nc2ccccc21. The first-order valence-electron chi connectivity index (χ1n) is 9.68. The average Bonchev–Trinajstić information content (AvgIpc) is 3.11. The lowest BCUT2D eigenvalue weighted by atomic mass is 9.91. The smallest absolute Gasteiger partial charge is 0.142 e. The van der Waals surface area contributed by atoms with E-state index in [9.17, 15) is 0 Å². The lowest BCUT2D eigenvalue weighted by Gasteiger charge is -2.16. The Morgan fingerprint density at radius 3 is 1.70 bits per heavy atom. The van der Waals surface area contributed by atoms with Crippen molar-refractivity contribution in [1.82, 2.24) is 9.55 Å². The standard InChI is InChI=1S/C26H18Cl2N2/c1-30-24-8-3-2-7-23(24)29-26(30)25-21(17-9-13-19(27)14-10-17)5-4-6-22(25)18-11-15-20(28)16-12-18/h2-16H,1H3. The summed E-state index contributed by atoms with van der Waals surface area (Å²) in [5, 5.41) is 1.44. The highest BCUT2D eigenvalue weighted by molar-refractivity contribution is 6.31. The summed E-state index contributed by atoms with van der Waals surface area (Å²) in [5.41, 5.74) is 7.56. The van der Waals surface area contributed by atoms with E-state index in [1.165, 1.54) is 0 Å². The van der Waals surface area contributed by atoms with Crippen LogP contribution < -0.4 is 0 Å². The number of aryl methyl sites for hydroxylation is 1. The number of halogens is 2. The Morgan fingerprint density at radius 2 is 1.17 bits per heavy atom. The van der Waals surface area contributed by atoms with Crippen LogP contribution in [0.5, 0.6) is 0 Å². The summed E-state index contributed by atoms with van der Waals surface area (Å²) in [6, 6.07) is 30.4. The Bertz CT molecular complexity index is 1290. The highest BCUT2D eigenvalue weighted by Crippen LogP contribution is 2.40. The van der Waals surface area contributed by atoms with Crippen molar-refractivity contribution in [3.63, 3.8) is 0 Å². The quantitative estimate of drug-likeness (QED) is 0.285. The van der Waals surface area contributed by atoms with Gasteiger partial charge in [-0.2, -0.15) is 0 Å². The van der Waals surface area contributed by atoms with E-state index in [0.29, 0.717) is 0 Å². The van der Waals surface area contributed by atoms with E-state index in [2.05, 4.69) is 60.1 Å². The second kappa shape index (κ2) is 7.64. The maximum absolute atomic E-state index is 6.15. The topological polar surface area (TPSA) is 17.8 Å². The molecule has 0 unspecified atom stereocenters. The fourth-order valence-electron chi connectivity index (χ4n) is 3.90. The van der Waals surface area contributed by atoms with Gasteiger partial charge in [0.15, 0.2) is 0 Å². The lowest BCUT2D eigenvalue weighted by molar-refractivity contribution is 0.960. The van der Waals surface area contributed by atoms with Gasteiger partial charge >= 0.3 is 0 Å². The highest BCUT2D eigenvalue weighted by Gasteiger charge is 2.19. The van der Waals surface area contributed by atoms with E-state index < -0.39 is 0 Å². The molecule has 0 amide bonds. The number of aromatic nitrogens is 2. The van der Waals surface area contributed by atoms with Crippen molar-refractivity contribution in [2.24, 2.45) is 7.05 Å². The van der Waals surface area contributed by atoms with Gasteiger partial charge in [-0.1, -0.05) is 77.8 Å². The number of benzene rings is 4. The van der Waals surface area contributed by atoms with Gasteiger partial charge < -0.3 is 4.57 Å². The van der Waals surface area contributed by atoms with E-state index in [0.717, 1.165) is 54.7 Å². The minimum absolute atomic E-state index is 0.719. The molecule has 146 valence electrons. The molecule has 1 heterocycles. The number of hydrogen-bond acceptors (Lipinski definition) is 1. The molecular formula is C26H18Cl2N2. The molecule has 30 heavy (non-hydrogen) atoms. The van der Waals surface area contributed by atoms with E-state index >= 15 is 0 Å². The third kappa shape index (κ3) is 3.28. The average molecular weight is 429 g/mol. The van der Waals surface area contributed by atoms with Gasteiger partial charge in [0.1, 0.15) is 5.82 Å². The van der Waals surface area contributed by atoms with Crippen LogP contribution in [-0.4, -0.2) is 9.55 Å². The molecule has 0 N–H and O–H groups in total. The first kappa shape index (κ1) is 18.9. The predicted molar refractivity (Wildman–Crippen MR) is 127 cm³/mol. The maximum atomic E-state index is 6.15. The van der Waals surface area contributed by atoms with E-state index in [-0.39, 0.29) is 0 Å². The van der Waals surface area contributed by atoms with E-state index in [4.69, 9.17) is 28.2 Å². The van der Waals surface area contributed by atoms with Crippen LogP contribution in [-0.2, 0) is 7.05 Å². The minimum Gasteiger partial charge on any atom is -0.327 e. The molecule has 0 aliphatic carbocycles. The number of hydrogen-bond donors (Lipinski definition) is 0. The summed E-state index contributed by atoms with van der Waals surface area (Å²) in [7, 11) is 2.06. The number of imidazole rings is 1. The molecule has 0 saturated carbocycles. The molecule has 0 fully saturated rings. The molecule has 5 aromatic rings. The van der Waals surface area contributed by atoms with Crippen molar-refractivity contribution in [3.8, 4) is 33.6 Å². The summed E-state index contributed by atoms with van der Waals surface area (Å²) in [5.74, 6) is 0.923. The second-order valence-electron chi connectivity index (χ2n) is 7.23. The fourth-order valence-corrected chi connectivity index (χ4v) is 4.15. The maximum Gasteiger partial charge on any atom is 0.142 e. The van der Waals surface area contributed by atoms with Gasteiger partial charge in [0.05, 0.1) is 11.0 Å². The molecule has 5 rings (SSSR count). The van der Waals surface area contributed by atoms with Crippen LogP contribution >= 0.6 is 23.2 Å². The zero-order valence-corrected chi connectivity index (χ0v) is 17.8. The summed E-state index contributed by atoms with van der Waals surface area (Å²) in [4.78, 5) is 5.00. The van der Waals surface area contributed by atoms with Crippen LogP contribution in [0.3, 0.4) is 0 Å². The van der Waals surface area contributed by atoms with Crippen LogP contribution in [0.15, 0.2) is 91.0 Å². The van der Waals surface area contributed by atoms with Gasteiger partial charge in [0.25, 0.3) is 0 Å². The van der Waals surface area contributed by atoms with Gasteiger partial charge in [-0.25, -0.2) is 4.98 Å². The van der Waals surface area contributed by atoms with Crippen LogP contribution in [0, 0.1) is 0 Å². The van der Waals surface area contributed by atoms with Gasteiger partial charge in [-0.05, 0) is 58.7 Å². The molecule has 0 saturated heterocycles. The molecule has 2 nitrogen and oxygen atoms in total. The normalized spacial score (nSPS) is 11.2. The van der Waals surface area contributed by atoms with Gasteiger partial charge in [-0.15, -0.1) is 0 Å². The van der Waals surface area contributed by atoms with Crippen molar-refractivity contribution < 1.29 is 0 Å². The van der Waals surface area contributed by atoms with Crippen molar-refractivity contribution in [3.05, 3.63) is 101 Å². The van der Waals surface area contributed by atoms with Gasteiger partial charge in [0, 0.05) is 22.7 Å². The molecule has 0 atom stereocenters. The Morgan fingerprint density at radius 1 is 0.633 bits per heavy atom. The van der Waals surface area contributed by atoms with E-state index in [1.54, 1.807) is 0 Å². The molecule has 1 aromatic heterocycles. The second-order valence-corrected chi connectivity index (χ2v) is 8.10. The third-order valence-corrected chi connectivity index (χ3v) is 5.89. The van der Waals surface area contributed by atoms with Crippen molar-refractivity contribution in [2.75, 3.05) is 0 Å². The van der Waals surface area contributed by atoms with Crippen molar-refractivity contribution >= 4 is 34.2 Å². The minimum atomic E-state index is 0.719. The molecule has 0 aliphatic heterocycles. The zero-order chi connectivity index (χ0) is 20.7. The summed E-state index contributed by atoms with van der Waals surface area (Å²) < 4.78 is 2.16. The molecule has 0 bridgehead atoms. The van der Waals surface area contributed by atoms with Crippen LogP contribution in [0.1, 0.15) is 0 Å². The molecule has 4 heteroatoms. The molecule has 4 aromatic carbocycles. The predicted octanol–water partition coefficient (Wildman–Crippen LogP) is 7.88. The summed E-state index contributed by atoms with van der Waals surface area (Å²) in [6.45, 7) is 0. The van der Waals surface area contributed by atoms with Crippen molar-refractivity contribution in [2.45, 2.75) is 0 Å². The Labute approximate surface area is 185 Å². The van der Waals surface area contributed by atoms with Crippen molar-refractivity contribution in [1.29, 1.82) is 0 Å². The van der Waals surface area contributed by atoms with Crippen LogP contribution in [0.25, 0.3) is 44.7 Å². The van der Waals surface area contributed by atoms with Gasteiger partial charge in [-0.3, -0.25) is 0 Å². The largest absolute Gasteiger partial charge is 0.327 e. The number of fused-ring (bicyclic) bond motifs is 1. The summed E-state index contributed by atoms with van der Waals surface area (Å²) >= 11 is 12.3. The molecule has 0 spiro atoms. The van der Waals surface area contributed by atoms with Crippen LogP contribution in [0.4, 0.5) is 0 Å². The lowest BCUT2D eigenvalue weighted by Crippen LogP contribution is -1.97. The first-order valence-corrected chi connectivity index (χ1v) is 10.4. The Hall–Kier alpha value is -3.07. The number of para-hydroxylation sites is 2. The van der Waals surface area contributed by atoms with Crippen LogP contribution in [0.2, 0.25) is 10.0 Å². The molecule has 0 aliphatic rings. The van der Waals surface area contributed by atoms with E-state index in [1.807, 2.05) is 42.5 Å². The highest BCUT2D eigenvalue weighted by atomic mass is 35.5. The molecule has 0 radical (unpaired) electrons. The Balaban J connectivity index is 1.84. The number of rotatable bonds is 3. The third-order valence-electron chi connectivity index (χ3n) is 5.39. The fraction of sp³-hybridized carbons (Fsp3) is 0.0385. The number of nitrogens with zero attached hydrogens (tertiary/aromatic N) is 2. The van der Waals surface area contributed by atoms with Gasteiger partial charge in [0.2, 0.25) is 0 Å². The summed E-state index contributed by atoms with van der Waals surface area (Å²) in [6.07, 6.45) is 0. The molecular weight excluding hydrogens is 411 g/mol. The zero-order valence-electron chi connectivity index (χ0n) is 16.3. The monoisotopic (exact) mass is 428 g/mol.